The van der Waals surface area contributed by atoms with Crippen LogP contribution in [0.1, 0.15) is 30.0 Å². The van der Waals surface area contributed by atoms with Crippen LogP contribution in [0.3, 0.4) is 0 Å². The first-order valence-corrected chi connectivity index (χ1v) is 9.36. The van der Waals surface area contributed by atoms with Gasteiger partial charge in [-0.3, -0.25) is 9.69 Å². The fourth-order valence-corrected chi connectivity index (χ4v) is 3.65. The van der Waals surface area contributed by atoms with Crippen LogP contribution in [-0.2, 0) is 11.2 Å². The summed E-state index contributed by atoms with van der Waals surface area (Å²) in [5, 5.41) is 11.7. The molecule has 0 aliphatic carbocycles. The van der Waals surface area contributed by atoms with Crippen molar-refractivity contribution >= 4 is 11.6 Å². The third-order valence-electron chi connectivity index (χ3n) is 5.03. The number of hydrogen-bond donors (Lipinski definition) is 1. The summed E-state index contributed by atoms with van der Waals surface area (Å²) in [7, 11) is 3.31. The number of likely N-dealkylation sites (tertiary alicyclic amines) is 1. The van der Waals surface area contributed by atoms with Crippen molar-refractivity contribution < 1.29 is 14.3 Å². The van der Waals surface area contributed by atoms with Crippen LogP contribution in [0.2, 0.25) is 0 Å². The average molecular weight is 379 g/mol. The molecule has 1 saturated heterocycles. The summed E-state index contributed by atoms with van der Waals surface area (Å²) >= 11 is 0. The fourth-order valence-electron chi connectivity index (χ4n) is 3.65. The highest BCUT2D eigenvalue weighted by Gasteiger charge is 2.30. The van der Waals surface area contributed by atoms with E-state index in [-0.39, 0.29) is 11.9 Å². The van der Waals surface area contributed by atoms with E-state index in [9.17, 15) is 4.79 Å². The lowest BCUT2D eigenvalue weighted by Gasteiger charge is -2.26. The number of nitrogens with one attached hydrogen (secondary N) is 1. The number of carbonyl (C=O) groups excluding carboxylic acids is 1. The van der Waals surface area contributed by atoms with Crippen LogP contribution >= 0.6 is 0 Å². The normalized spacial score (nSPS) is 16.4. The molecule has 0 spiro atoms. The minimum absolute atomic E-state index is 0.0539. The fraction of sp³-hybridized carbons (Fsp3) is 0.364. The molecule has 0 bridgehead atoms. The smallest absolute Gasteiger partial charge is 0.238 e. The van der Waals surface area contributed by atoms with Gasteiger partial charge in [-0.1, -0.05) is 12.1 Å². The van der Waals surface area contributed by atoms with Crippen molar-refractivity contribution in [1.82, 2.24) is 4.90 Å². The maximum atomic E-state index is 12.6. The predicted octanol–water partition coefficient (Wildman–Crippen LogP) is 3.55. The summed E-state index contributed by atoms with van der Waals surface area (Å²) in [6, 6.07) is 15.4. The molecule has 0 radical (unpaired) electrons. The SMILES string of the molecule is COc1ccc(OC)c([C@@H]2CCCN2CC(=O)Nc2ccc(CC#N)cc2)c1. The lowest BCUT2D eigenvalue weighted by Crippen LogP contribution is -2.33. The second-order valence-corrected chi connectivity index (χ2v) is 6.82. The van der Waals surface area contributed by atoms with E-state index in [0.29, 0.717) is 13.0 Å². The van der Waals surface area contributed by atoms with Crippen molar-refractivity contribution in [1.29, 1.82) is 5.26 Å². The molecular formula is C22H25N3O3. The molecule has 1 N–H and O–H groups in total. The Morgan fingerprint density at radius 1 is 1.21 bits per heavy atom. The third-order valence-corrected chi connectivity index (χ3v) is 5.03. The second kappa shape index (κ2) is 9.25. The van der Waals surface area contributed by atoms with Crippen LogP contribution in [-0.4, -0.2) is 38.1 Å². The number of methoxy groups -OCH3 is 2. The molecule has 0 unspecified atom stereocenters. The number of anilines is 1. The van der Waals surface area contributed by atoms with E-state index >= 15 is 0 Å². The summed E-state index contributed by atoms with van der Waals surface area (Å²) in [5.41, 5.74) is 2.72. The van der Waals surface area contributed by atoms with E-state index in [0.717, 1.165) is 47.7 Å². The van der Waals surface area contributed by atoms with E-state index in [4.69, 9.17) is 14.7 Å². The zero-order valence-corrected chi connectivity index (χ0v) is 16.3. The summed E-state index contributed by atoms with van der Waals surface area (Å²) in [6.07, 6.45) is 2.37. The molecule has 2 aromatic carbocycles. The van der Waals surface area contributed by atoms with E-state index in [1.165, 1.54) is 0 Å². The highest BCUT2D eigenvalue weighted by molar-refractivity contribution is 5.92. The Balaban J connectivity index is 1.68. The lowest BCUT2D eigenvalue weighted by atomic mass is 10.0. The average Bonchev–Trinajstić information content (AvgIpc) is 3.16. The quantitative estimate of drug-likeness (QED) is 0.796. The summed E-state index contributed by atoms with van der Waals surface area (Å²) in [5.74, 6) is 1.54. The maximum Gasteiger partial charge on any atom is 0.238 e. The maximum absolute atomic E-state index is 12.6. The number of benzene rings is 2. The zero-order valence-electron chi connectivity index (χ0n) is 16.3. The van der Waals surface area contributed by atoms with Gasteiger partial charge < -0.3 is 14.8 Å². The molecule has 3 rings (SSSR count). The van der Waals surface area contributed by atoms with Crippen LogP contribution in [0.15, 0.2) is 42.5 Å². The molecule has 0 aromatic heterocycles. The van der Waals surface area contributed by atoms with Gasteiger partial charge in [0.1, 0.15) is 11.5 Å². The number of carbonyl (C=O) groups is 1. The van der Waals surface area contributed by atoms with Crippen molar-refractivity contribution in [3.63, 3.8) is 0 Å². The van der Waals surface area contributed by atoms with Crippen molar-refractivity contribution in [2.24, 2.45) is 0 Å². The molecule has 1 aliphatic heterocycles. The summed E-state index contributed by atoms with van der Waals surface area (Å²) in [4.78, 5) is 14.7. The van der Waals surface area contributed by atoms with Crippen molar-refractivity contribution in [2.75, 3.05) is 32.6 Å². The molecule has 146 valence electrons. The molecule has 1 atom stereocenters. The highest BCUT2D eigenvalue weighted by atomic mass is 16.5. The largest absolute Gasteiger partial charge is 0.497 e. The van der Waals surface area contributed by atoms with Gasteiger partial charge in [0, 0.05) is 17.3 Å². The lowest BCUT2D eigenvalue weighted by molar-refractivity contribution is -0.117. The first-order valence-electron chi connectivity index (χ1n) is 9.36. The monoisotopic (exact) mass is 379 g/mol. The van der Waals surface area contributed by atoms with E-state index in [2.05, 4.69) is 16.3 Å². The Morgan fingerprint density at radius 2 is 2.00 bits per heavy atom. The van der Waals surface area contributed by atoms with Gasteiger partial charge in [-0.15, -0.1) is 0 Å². The summed E-state index contributed by atoms with van der Waals surface area (Å²) in [6.45, 7) is 1.17. The van der Waals surface area contributed by atoms with Crippen LogP contribution in [0, 0.1) is 11.3 Å². The number of hydrogen-bond acceptors (Lipinski definition) is 5. The topological polar surface area (TPSA) is 74.6 Å². The van der Waals surface area contributed by atoms with E-state index < -0.39 is 0 Å². The van der Waals surface area contributed by atoms with Crippen LogP contribution < -0.4 is 14.8 Å². The molecule has 28 heavy (non-hydrogen) atoms. The predicted molar refractivity (Wildman–Crippen MR) is 107 cm³/mol. The number of amides is 1. The Hall–Kier alpha value is -3.04. The van der Waals surface area contributed by atoms with Gasteiger partial charge in [0.15, 0.2) is 0 Å². The number of nitrogens with zero attached hydrogens (tertiary/aromatic N) is 2. The van der Waals surface area contributed by atoms with Crippen LogP contribution in [0.4, 0.5) is 5.69 Å². The van der Waals surface area contributed by atoms with Gasteiger partial charge in [0.25, 0.3) is 0 Å². The Kier molecular flexibility index (Phi) is 6.51. The third kappa shape index (κ3) is 4.62. The molecule has 6 heteroatoms. The van der Waals surface area contributed by atoms with Crippen molar-refractivity contribution in [3.05, 3.63) is 53.6 Å². The second-order valence-electron chi connectivity index (χ2n) is 6.82. The number of ether oxygens (including phenoxy) is 2. The van der Waals surface area contributed by atoms with Crippen molar-refractivity contribution in [3.8, 4) is 17.6 Å². The summed E-state index contributed by atoms with van der Waals surface area (Å²) < 4.78 is 10.9. The minimum atomic E-state index is -0.0539. The van der Waals surface area contributed by atoms with Crippen LogP contribution in [0.5, 0.6) is 11.5 Å². The van der Waals surface area contributed by atoms with Crippen molar-refractivity contribution in [2.45, 2.75) is 25.3 Å². The standard InChI is InChI=1S/C22H25N3O3/c1-27-18-9-10-21(28-2)19(14-18)20-4-3-13-25(20)15-22(26)24-17-7-5-16(6-8-17)11-12-23/h5-10,14,20H,3-4,11,13,15H2,1-2H3,(H,24,26)/t20-/m0/s1. The molecule has 2 aromatic rings. The highest BCUT2D eigenvalue weighted by Crippen LogP contribution is 2.38. The van der Waals surface area contributed by atoms with Gasteiger partial charge in [-0.05, 0) is 55.3 Å². The van der Waals surface area contributed by atoms with Gasteiger partial charge >= 0.3 is 0 Å². The minimum Gasteiger partial charge on any atom is -0.497 e. The molecular weight excluding hydrogens is 354 g/mol. The van der Waals surface area contributed by atoms with Gasteiger partial charge in [0.2, 0.25) is 5.91 Å². The molecule has 0 saturated carbocycles. The number of rotatable bonds is 7. The van der Waals surface area contributed by atoms with E-state index in [1.807, 2.05) is 42.5 Å². The van der Waals surface area contributed by atoms with Gasteiger partial charge in [0.05, 0.1) is 33.3 Å². The first-order chi connectivity index (χ1) is 13.6. The Labute approximate surface area is 165 Å². The molecule has 1 heterocycles. The zero-order chi connectivity index (χ0) is 19.9. The van der Waals surface area contributed by atoms with Gasteiger partial charge in [-0.2, -0.15) is 5.26 Å². The molecule has 1 amide bonds. The molecule has 6 nitrogen and oxygen atoms in total. The van der Waals surface area contributed by atoms with Crippen LogP contribution in [0.25, 0.3) is 0 Å². The molecule has 1 aliphatic rings. The number of nitriles is 1. The first kappa shape index (κ1) is 19.7. The Bertz CT molecular complexity index is 858. The Morgan fingerprint density at radius 3 is 2.68 bits per heavy atom. The molecule has 1 fully saturated rings. The van der Waals surface area contributed by atoms with Gasteiger partial charge in [-0.25, -0.2) is 0 Å². The van der Waals surface area contributed by atoms with E-state index in [1.54, 1.807) is 14.2 Å².